The van der Waals surface area contributed by atoms with Crippen molar-refractivity contribution in [3.05, 3.63) is 0 Å². The van der Waals surface area contributed by atoms with Crippen LogP contribution >= 0.6 is 0 Å². The fraction of sp³-hybridized carbons (Fsp3) is 1.00. The van der Waals surface area contributed by atoms with Crippen LogP contribution < -0.4 is 5.73 Å². The lowest BCUT2D eigenvalue weighted by Gasteiger charge is -2.33. The van der Waals surface area contributed by atoms with Crippen molar-refractivity contribution in [1.82, 2.24) is 0 Å². The molecule has 0 saturated heterocycles. The van der Waals surface area contributed by atoms with E-state index < -0.39 is 11.3 Å². The zero-order chi connectivity index (χ0) is 7.83. The van der Waals surface area contributed by atoms with Gasteiger partial charge in [-0.3, -0.25) is 0 Å². The molecule has 1 saturated carbocycles. The average molecular weight is 145 g/mol. The Balaban J connectivity index is 2.76. The SMILES string of the molecule is CCC1(O)CCCC1(N)O. The van der Waals surface area contributed by atoms with Crippen LogP contribution in [0.15, 0.2) is 0 Å². The minimum absolute atomic E-state index is 0.511. The maximum atomic E-state index is 9.65. The second kappa shape index (κ2) is 2.19. The molecule has 0 aromatic heterocycles. The molecule has 1 aliphatic carbocycles. The molecule has 0 aliphatic heterocycles. The number of rotatable bonds is 1. The maximum absolute atomic E-state index is 9.65. The third-order valence-electron chi connectivity index (χ3n) is 2.54. The first-order valence-corrected chi connectivity index (χ1v) is 3.75. The van der Waals surface area contributed by atoms with E-state index in [1.165, 1.54) is 0 Å². The summed E-state index contributed by atoms with van der Waals surface area (Å²) in [5, 5.41) is 19.1. The molecule has 2 unspecified atom stereocenters. The minimum atomic E-state index is -1.35. The van der Waals surface area contributed by atoms with Gasteiger partial charge in [0, 0.05) is 0 Å². The lowest BCUT2D eigenvalue weighted by molar-refractivity contribution is -0.128. The second-order valence-corrected chi connectivity index (χ2v) is 3.16. The van der Waals surface area contributed by atoms with Gasteiger partial charge in [-0.15, -0.1) is 0 Å². The first kappa shape index (κ1) is 7.98. The number of hydrogen-bond acceptors (Lipinski definition) is 3. The van der Waals surface area contributed by atoms with Crippen LogP contribution in [0.3, 0.4) is 0 Å². The van der Waals surface area contributed by atoms with Gasteiger partial charge in [0.1, 0.15) is 11.3 Å². The molecule has 0 radical (unpaired) electrons. The van der Waals surface area contributed by atoms with E-state index in [1.807, 2.05) is 6.92 Å². The molecule has 0 aromatic rings. The molecule has 0 heterocycles. The van der Waals surface area contributed by atoms with Crippen LogP contribution in [0, 0.1) is 0 Å². The van der Waals surface area contributed by atoms with E-state index in [1.54, 1.807) is 0 Å². The molecular weight excluding hydrogens is 130 g/mol. The summed E-state index contributed by atoms with van der Waals surface area (Å²) in [6.07, 6.45) is 2.48. The average Bonchev–Trinajstić information content (AvgIpc) is 2.10. The summed E-state index contributed by atoms with van der Waals surface area (Å²) >= 11 is 0. The Hall–Kier alpha value is -0.120. The zero-order valence-electron chi connectivity index (χ0n) is 6.30. The summed E-state index contributed by atoms with van der Waals surface area (Å²) in [4.78, 5) is 0. The van der Waals surface area contributed by atoms with E-state index in [2.05, 4.69) is 0 Å². The van der Waals surface area contributed by atoms with E-state index in [0.717, 1.165) is 6.42 Å². The molecule has 0 amide bonds. The normalized spacial score (nSPS) is 48.0. The van der Waals surface area contributed by atoms with Gasteiger partial charge in [0.05, 0.1) is 0 Å². The van der Waals surface area contributed by atoms with E-state index in [0.29, 0.717) is 19.3 Å². The van der Waals surface area contributed by atoms with Gasteiger partial charge in [-0.25, -0.2) is 0 Å². The fourth-order valence-corrected chi connectivity index (χ4v) is 1.58. The highest BCUT2D eigenvalue weighted by atomic mass is 16.4. The zero-order valence-corrected chi connectivity index (χ0v) is 6.30. The fourth-order valence-electron chi connectivity index (χ4n) is 1.58. The predicted octanol–water partition coefficient (Wildman–Crippen LogP) is -0.0413. The maximum Gasteiger partial charge on any atom is 0.142 e. The van der Waals surface area contributed by atoms with Crippen molar-refractivity contribution in [2.45, 2.75) is 43.9 Å². The predicted molar refractivity (Wildman–Crippen MR) is 38.2 cm³/mol. The van der Waals surface area contributed by atoms with E-state index >= 15 is 0 Å². The molecule has 4 N–H and O–H groups in total. The van der Waals surface area contributed by atoms with Gasteiger partial charge >= 0.3 is 0 Å². The van der Waals surface area contributed by atoms with Gasteiger partial charge in [-0.05, 0) is 25.7 Å². The molecule has 3 heteroatoms. The molecule has 1 aliphatic rings. The molecule has 0 spiro atoms. The summed E-state index contributed by atoms with van der Waals surface area (Å²) in [5.41, 5.74) is 3.09. The van der Waals surface area contributed by atoms with Gasteiger partial charge in [-0.1, -0.05) is 6.92 Å². The summed E-state index contributed by atoms with van der Waals surface area (Å²) in [6, 6.07) is 0. The van der Waals surface area contributed by atoms with Crippen molar-refractivity contribution >= 4 is 0 Å². The highest BCUT2D eigenvalue weighted by Gasteiger charge is 2.48. The molecule has 60 valence electrons. The minimum Gasteiger partial charge on any atom is -0.385 e. The van der Waals surface area contributed by atoms with Gasteiger partial charge in [0.25, 0.3) is 0 Å². The monoisotopic (exact) mass is 145 g/mol. The molecule has 0 aromatic carbocycles. The number of aliphatic hydroxyl groups is 2. The van der Waals surface area contributed by atoms with E-state index in [9.17, 15) is 10.2 Å². The Morgan fingerprint density at radius 3 is 2.20 bits per heavy atom. The van der Waals surface area contributed by atoms with Crippen molar-refractivity contribution in [2.24, 2.45) is 5.73 Å². The van der Waals surface area contributed by atoms with Crippen LogP contribution in [0.5, 0.6) is 0 Å². The van der Waals surface area contributed by atoms with E-state index in [4.69, 9.17) is 5.73 Å². The Bertz CT molecular complexity index is 136. The largest absolute Gasteiger partial charge is 0.385 e. The van der Waals surface area contributed by atoms with Crippen molar-refractivity contribution in [1.29, 1.82) is 0 Å². The van der Waals surface area contributed by atoms with Crippen LogP contribution in [-0.2, 0) is 0 Å². The third kappa shape index (κ3) is 0.944. The second-order valence-electron chi connectivity index (χ2n) is 3.16. The first-order chi connectivity index (χ1) is 4.52. The molecular formula is C7H15NO2. The molecule has 1 rings (SSSR count). The Morgan fingerprint density at radius 1 is 1.40 bits per heavy atom. The van der Waals surface area contributed by atoms with Crippen LogP contribution in [-0.4, -0.2) is 21.5 Å². The van der Waals surface area contributed by atoms with Crippen LogP contribution in [0.25, 0.3) is 0 Å². The summed E-state index contributed by atoms with van der Waals surface area (Å²) in [7, 11) is 0. The van der Waals surface area contributed by atoms with Crippen LogP contribution in [0.2, 0.25) is 0 Å². The number of hydrogen-bond donors (Lipinski definition) is 3. The molecule has 2 atom stereocenters. The summed E-state index contributed by atoms with van der Waals surface area (Å²) in [5.74, 6) is 0. The van der Waals surface area contributed by atoms with Gasteiger partial charge in [0.2, 0.25) is 0 Å². The molecule has 10 heavy (non-hydrogen) atoms. The highest BCUT2D eigenvalue weighted by molar-refractivity contribution is 4.99. The van der Waals surface area contributed by atoms with Crippen molar-refractivity contribution in [3.63, 3.8) is 0 Å². The third-order valence-corrected chi connectivity index (χ3v) is 2.54. The topological polar surface area (TPSA) is 66.5 Å². The number of nitrogens with two attached hydrogens (primary N) is 1. The molecule has 0 bridgehead atoms. The smallest absolute Gasteiger partial charge is 0.142 e. The van der Waals surface area contributed by atoms with E-state index in [-0.39, 0.29) is 0 Å². The summed E-state index contributed by atoms with van der Waals surface area (Å²) < 4.78 is 0. The lowest BCUT2D eigenvalue weighted by atomic mass is 9.92. The highest BCUT2D eigenvalue weighted by Crippen LogP contribution is 2.37. The van der Waals surface area contributed by atoms with Crippen molar-refractivity contribution < 1.29 is 10.2 Å². The van der Waals surface area contributed by atoms with Crippen molar-refractivity contribution in [2.75, 3.05) is 0 Å². The first-order valence-electron chi connectivity index (χ1n) is 3.75. The summed E-state index contributed by atoms with van der Waals surface area (Å²) in [6.45, 7) is 1.84. The van der Waals surface area contributed by atoms with Crippen LogP contribution in [0.1, 0.15) is 32.6 Å². The van der Waals surface area contributed by atoms with Gasteiger partial charge in [0.15, 0.2) is 0 Å². The molecule has 1 fully saturated rings. The standard InChI is InChI=1S/C7H15NO2/c1-2-6(9)4-3-5-7(6,8)10/h9-10H,2-5,8H2,1H3. The van der Waals surface area contributed by atoms with Gasteiger partial charge < -0.3 is 15.9 Å². The lowest BCUT2D eigenvalue weighted by Crippen LogP contribution is -2.56. The Labute approximate surface area is 60.9 Å². The van der Waals surface area contributed by atoms with Gasteiger partial charge in [-0.2, -0.15) is 0 Å². The Morgan fingerprint density at radius 2 is 2.00 bits per heavy atom. The Kier molecular flexibility index (Phi) is 1.75. The quantitative estimate of drug-likeness (QED) is 0.453. The van der Waals surface area contributed by atoms with Crippen LogP contribution in [0.4, 0.5) is 0 Å². The van der Waals surface area contributed by atoms with Crippen molar-refractivity contribution in [3.8, 4) is 0 Å². The molecule has 3 nitrogen and oxygen atoms in total.